The molecule has 0 amide bonds. The van der Waals surface area contributed by atoms with Gasteiger partial charge in [-0.3, -0.25) is 5.21 Å². The SMILES string of the molecule is O[n+]1ccc(OCC(F)(F)F)c(Cl)c1. The van der Waals surface area contributed by atoms with Gasteiger partial charge in [-0.05, 0) is 0 Å². The average molecular weight is 229 g/mol. The summed E-state index contributed by atoms with van der Waals surface area (Å²) < 4.78 is 40.2. The zero-order valence-electron chi connectivity index (χ0n) is 6.75. The normalized spacial score (nSPS) is 11.4. The van der Waals surface area contributed by atoms with Crippen LogP contribution in [0.1, 0.15) is 0 Å². The smallest absolute Gasteiger partial charge is 0.422 e. The van der Waals surface area contributed by atoms with Crippen LogP contribution in [0.3, 0.4) is 0 Å². The first-order valence-corrected chi connectivity index (χ1v) is 3.86. The zero-order chi connectivity index (χ0) is 10.8. The van der Waals surface area contributed by atoms with Gasteiger partial charge in [-0.25, -0.2) is 0 Å². The summed E-state index contributed by atoms with van der Waals surface area (Å²) in [7, 11) is 0. The van der Waals surface area contributed by atoms with E-state index in [0.717, 1.165) is 18.5 Å². The standard InChI is InChI=1S/C7H6ClF3NO2/c8-5-3-12(13)2-1-6(5)14-4-7(9,10)11/h1-3,13H,4H2/q+1. The minimum Gasteiger partial charge on any atom is -0.482 e. The first-order valence-electron chi connectivity index (χ1n) is 3.48. The van der Waals surface area contributed by atoms with E-state index >= 15 is 0 Å². The highest BCUT2D eigenvalue weighted by Gasteiger charge is 2.29. The minimum atomic E-state index is -4.41. The average Bonchev–Trinajstić information content (AvgIpc) is 2.00. The topological polar surface area (TPSA) is 33.3 Å². The summed E-state index contributed by atoms with van der Waals surface area (Å²) in [5.41, 5.74) is 0. The molecule has 1 N–H and O–H groups in total. The molecule has 14 heavy (non-hydrogen) atoms. The van der Waals surface area contributed by atoms with E-state index in [1.165, 1.54) is 0 Å². The largest absolute Gasteiger partial charge is 0.482 e. The molecule has 0 atom stereocenters. The molecule has 0 aliphatic rings. The van der Waals surface area contributed by atoms with Gasteiger partial charge in [0.25, 0.3) is 0 Å². The lowest BCUT2D eigenvalue weighted by molar-refractivity contribution is -0.904. The summed E-state index contributed by atoms with van der Waals surface area (Å²) in [6.45, 7) is -1.41. The molecule has 7 heteroatoms. The zero-order valence-corrected chi connectivity index (χ0v) is 7.51. The van der Waals surface area contributed by atoms with Gasteiger partial charge in [0, 0.05) is 4.73 Å². The van der Waals surface area contributed by atoms with Crippen LogP contribution in [0.15, 0.2) is 18.5 Å². The van der Waals surface area contributed by atoms with Crippen LogP contribution in [-0.2, 0) is 0 Å². The van der Waals surface area contributed by atoms with Crippen molar-refractivity contribution in [3.63, 3.8) is 0 Å². The Bertz CT molecular complexity index is 329. The minimum absolute atomic E-state index is 0.0979. The maximum Gasteiger partial charge on any atom is 0.422 e. The van der Waals surface area contributed by atoms with Gasteiger partial charge >= 0.3 is 6.18 Å². The Morgan fingerprint density at radius 2 is 2.14 bits per heavy atom. The molecule has 0 aliphatic carbocycles. The van der Waals surface area contributed by atoms with Gasteiger partial charge in [-0.2, -0.15) is 13.2 Å². The van der Waals surface area contributed by atoms with E-state index in [1.54, 1.807) is 0 Å². The van der Waals surface area contributed by atoms with Crippen molar-refractivity contribution in [2.45, 2.75) is 6.18 Å². The van der Waals surface area contributed by atoms with E-state index in [2.05, 4.69) is 4.74 Å². The Morgan fingerprint density at radius 3 is 2.64 bits per heavy atom. The molecule has 1 rings (SSSR count). The molecule has 0 aromatic carbocycles. The number of nitrogens with zero attached hydrogens (tertiary/aromatic N) is 1. The molecule has 0 bridgehead atoms. The Balaban J connectivity index is 2.68. The fourth-order valence-corrected chi connectivity index (χ4v) is 0.941. The highest BCUT2D eigenvalue weighted by Crippen LogP contribution is 2.24. The second kappa shape index (κ2) is 3.91. The van der Waals surface area contributed by atoms with Crippen molar-refractivity contribution >= 4 is 11.6 Å². The van der Waals surface area contributed by atoms with E-state index in [4.69, 9.17) is 16.8 Å². The molecule has 1 heterocycles. The fraction of sp³-hybridized carbons (Fsp3) is 0.286. The molecular formula is C7H6ClF3NO2+. The monoisotopic (exact) mass is 228 g/mol. The Labute approximate surface area is 82.3 Å². The van der Waals surface area contributed by atoms with E-state index < -0.39 is 12.8 Å². The predicted octanol–water partition coefficient (Wildman–Crippen LogP) is 1.81. The van der Waals surface area contributed by atoms with E-state index in [1.807, 2.05) is 0 Å². The van der Waals surface area contributed by atoms with Gasteiger partial charge < -0.3 is 4.74 Å². The van der Waals surface area contributed by atoms with Gasteiger partial charge in [0.05, 0.1) is 6.07 Å². The lowest BCUT2D eigenvalue weighted by Gasteiger charge is -2.08. The number of ether oxygens (including phenoxy) is 1. The molecule has 0 unspecified atom stereocenters. The quantitative estimate of drug-likeness (QED) is 0.619. The van der Waals surface area contributed by atoms with E-state index in [0.29, 0.717) is 4.73 Å². The Hall–Kier alpha value is -1.17. The van der Waals surface area contributed by atoms with Crippen molar-refractivity contribution in [1.29, 1.82) is 0 Å². The van der Waals surface area contributed by atoms with Crippen molar-refractivity contribution < 1.29 is 27.8 Å². The second-order valence-corrected chi connectivity index (χ2v) is 2.85. The van der Waals surface area contributed by atoms with Crippen LogP contribution in [0.2, 0.25) is 5.02 Å². The van der Waals surface area contributed by atoms with Crippen LogP contribution in [0, 0.1) is 0 Å². The van der Waals surface area contributed by atoms with Gasteiger partial charge in [-0.15, -0.1) is 0 Å². The van der Waals surface area contributed by atoms with Crippen LogP contribution >= 0.6 is 11.6 Å². The number of halogens is 4. The first-order chi connectivity index (χ1) is 6.38. The Kier molecular flexibility index (Phi) is 3.05. The summed E-state index contributed by atoms with van der Waals surface area (Å²) in [5, 5.41) is 8.72. The number of aromatic nitrogens is 1. The number of hydrogen-bond donors (Lipinski definition) is 1. The molecule has 0 spiro atoms. The molecule has 0 saturated carbocycles. The summed E-state index contributed by atoms with van der Waals surface area (Å²) in [4.78, 5) is 0. The van der Waals surface area contributed by atoms with Gasteiger partial charge in [0.15, 0.2) is 17.4 Å². The van der Waals surface area contributed by atoms with Gasteiger partial charge in [-0.1, -0.05) is 11.6 Å². The summed E-state index contributed by atoms with van der Waals surface area (Å²) >= 11 is 5.49. The third-order valence-electron chi connectivity index (χ3n) is 1.25. The number of rotatable bonds is 2. The molecule has 78 valence electrons. The van der Waals surface area contributed by atoms with Gasteiger partial charge in [0.1, 0.15) is 0 Å². The molecule has 0 fully saturated rings. The van der Waals surface area contributed by atoms with Crippen molar-refractivity contribution in [2.24, 2.45) is 0 Å². The maximum atomic E-state index is 11.7. The Morgan fingerprint density at radius 1 is 1.50 bits per heavy atom. The molecular weight excluding hydrogens is 223 g/mol. The van der Waals surface area contributed by atoms with Crippen molar-refractivity contribution in [3.05, 3.63) is 23.5 Å². The molecule has 3 nitrogen and oxygen atoms in total. The van der Waals surface area contributed by atoms with Crippen LogP contribution in [0.25, 0.3) is 0 Å². The van der Waals surface area contributed by atoms with E-state index in [-0.39, 0.29) is 10.8 Å². The summed E-state index contributed by atoms with van der Waals surface area (Å²) in [6, 6.07) is 1.13. The lowest BCUT2D eigenvalue weighted by Crippen LogP contribution is -2.28. The molecule has 1 aromatic rings. The number of alkyl halides is 3. The third-order valence-corrected chi connectivity index (χ3v) is 1.53. The van der Waals surface area contributed by atoms with E-state index in [9.17, 15) is 13.2 Å². The molecule has 0 radical (unpaired) electrons. The van der Waals surface area contributed by atoms with Crippen molar-refractivity contribution in [2.75, 3.05) is 6.61 Å². The third kappa shape index (κ3) is 3.29. The first kappa shape index (κ1) is 10.9. The van der Waals surface area contributed by atoms with Gasteiger partial charge in [0.2, 0.25) is 12.4 Å². The lowest BCUT2D eigenvalue weighted by atomic mass is 10.4. The fourth-order valence-electron chi connectivity index (χ4n) is 0.723. The van der Waals surface area contributed by atoms with Crippen LogP contribution in [-0.4, -0.2) is 18.0 Å². The van der Waals surface area contributed by atoms with Crippen LogP contribution < -0.4 is 9.47 Å². The summed E-state index contributed by atoms with van der Waals surface area (Å²) in [6.07, 6.45) is -2.28. The predicted molar refractivity (Wildman–Crippen MR) is 40.4 cm³/mol. The van der Waals surface area contributed by atoms with Crippen LogP contribution in [0.5, 0.6) is 5.75 Å². The molecule has 1 aromatic heterocycles. The maximum absolute atomic E-state index is 11.7. The highest BCUT2D eigenvalue weighted by molar-refractivity contribution is 6.31. The van der Waals surface area contributed by atoms with Crippen molar-refractivity contribution in [1.82, 2.24) is 0 Å². The number of hydrogen-bond acceptors (Lipinski definition) is 2. The summed E-state index contributed by atoms with van der Waals surface area (Å²) in [5.74, 6) is -0.130. The number of pyridine rings is 1. The van der Waals surface area contributed by atoms with Crippen molar-refractivity contribution in [3.8, 4) is 5.75 Å². The highest BCUT2D eigenvalue weighted by atomic mass is 35.5. The molecule has 0 aliphatic heterocycles. The van der Waals surface area contributed by atoms with Crippen LogP contribution in [0.4, 0.5) is 13.2 Å². The second-order valence-electron chi connectivity index (χ2n) is 2.44. The molecule has 0 saturated heterocycles.